The van der Waals surface area contributed by atoms with E-state index in [9.17, 15) is 4.79 Å². The van der Waals surface area contributed by atoms with Crippen molar-refractivity contribution in [3.8, 4) is 0 Å². The highest BCUT2D eigenvalue weighted by Gasteiger charge is 2.22. The summed E-state index contributed by atoms with van der Waals surface area (Å²) in [5.41, 5.74) is 2.04. The standard InChI is InChI=1S/C13H16BrNO/c1-9-6-11(14)8-12(7-9)15-13(16)10-4-2-3-5-10/h6-8,10H,2-5H2,1H3,(H,15,16). The van der Waals surface area contributed by atoms with Crippen LogP contribution < -0.4 is 5.32 Å². The lowest BCUT2D eigenvalue weighted by Crippen LogP contribution is -2.20. The van der Waals surface area contributed by atoms with Gasteiger partial charge in [0.15, 0.2) is 0 Å². The van der Waals surface area contributed by atoms with Crippen LogP contribution in [0.15, 0.2) is 22.7 Å². The molecule has 16 heavy (non-hydrogen) atoms. The topological polar surface area (TPSA) is 29.1 Å². The van der Waals surface area contributed by atoms with E-state index in [0.717, 1.165) is 28.6 Å². The molecule has 2 nitrogen and oxygen atoms in total. The minimum absolute atomic E-state index is 0.176. The molecule has 0 unspecified atom stereocenters. The van der Waals surface area contributed by atoms with Crippen molar-refractivity contribution in [1.29, 1.82) is 0 Å². The quantitative estimate of drug-likeness (QED) is 0.876. The molecule has 1 N–H and O–H groups in total. The average molecular weight is 282 g/mol. The van der Waals surface area contributed by atoms with E-state index in [0.29, 0.717) is 0 Å². The summed E-state index contributed by atoms with van der Waals surface area (Å²) < 4.78 is 1.01. The number of carbonyl (C=O) groups excluding carboxylic acids is 1. The van der Waals surface area contributed by atoms with Crippen LogP contribution in [0.1, 0.15) is 31.2 Å². The number of carbonyl (C=O) groups is 1. The number of nitrogens with one attached hydrogen (secondary N) is 1. The molecule has 3 heteroatoms. The number of hydrogen-bond acceptors (Lipinski definition) is 1. The molecular formula is C13H16BrNO. The third-order valence-electron chi connectivity index (χ3n) is 3.04. The zero-order valence-electron chi connectivity index (χ0n) is 9.42. The van der Waals surface area contributed by atoms with E-state index >= 15 is 0 Å². The molecule has 0 bridgehead atoms. The van der Waals surface area contributed by atoms with Crippen molar-refractivity contribution in [2.24, 2.45) is 5.92 Å². The summed E-state index contributed by atoms with van der Waals surface area (Å²) in [6, 6.07) is 5.97. The van der Waals surface area contributed by atoms with Gasteiger partial charge in [-0.1, -0.05) is 28.8 Å². The molecule has 0 heterocycles. The van der Waals surface area contributed by atoms with Crippen LogP contribution in [-0.2, 0) is 4.79 Å². The second-order valence-electron chi connectivity index (χ2n) is 4.49. The van der Waals surface area contributed by atoms with Gasteiger partial charge in [-0.2, -0.15) is 0 Å². The molecule has 86 valence electrons. The molecule has 1 aliphatic carbocycles. The highest BCUT2D eigenvalue weighted by Crippen LogP contribution is 2.26. The van der Waals surface area contributed by atoms with E-state index < -0.39 is 0 Å². The normalized spacial score (nSPS) is 16.4. The van der Waals surface area contributed by atoms with Gasteiger partial charge in [0.1, 0.15) is 0 Å². The predicted octanol–water partition coefficient (Wildman–Crippen LogP) is 3.89. The smallest absolute Gasteiger partial charge is 0.227 e. The monoisotopic (exact) mass is 281 g/mol. The summed E-state index contributed by atoms with van der Waals surface area (Å²) in [5, 5.41) is 3.00. The summed E-state index contributed by atoms with van der Waals surface area (Å²) >= 11 is 3.44. The number of hydrogen-bond donors (Lipinski definition) is 1. The molecule has 0 atom stereocenters. The van der Waals surface area contributed by atoms with Gasteiger partial charge in [-0.15, -0.1) is 0 Å². The van der Waals surface area contributed by atoms with E-state index in [1.807, 2.05) is 25.1 Å². The SMILES string of the molecule is Cc1cc(Br)cc(NC(=O)C2CCCC2)c1. The fraction of sp³-hybridized carbons (Fsp3) is 0.462. The van der Waals surface area contributed by atoms with Crippen LogP contribution in [0.4, 0.5) is 5.69 Å². The Hall–Kier alpha value is -0.830. The largest absolute Gasteiger partial charge is 0.326 e. The molecule has 1 saturated carbocycles. The Balaban J connectivity index is 2.05. The molecule has 1 fully saturated rings. The van der Waals surface area contributed by atoms with Gasteiger partial charge in [-0.25, -0.2) is 0 Å². The number of anilines is 1. The van der Waals surface area contributed by atoms with Crippen LogP contribution >= 0.6 is 15.9 Å². The van der Waals surface area contributed by atoms with Gasteiger partial charge in [-0.05, 0) is 43.5 Å². The fourth-order valence-electron chi connectivity index (χ4n) is 2.24. The highest BCUT2D eigenvalue weighted by atomic mass is 79.9. The van der Waals surface area contributed by atoms with Crippen LogP contribution in [-0.4, -0.2) is 5.91 Å². The van der Waals surface area contributed by atoms with Crippen LogP contribution in [0.2, 0.25) is 0 Å². The molecule has 0 spiro atoms. The van der Waals surface area contributed by atoms with Crippen LogP contribution in [0, 0.1) is 12.8 Å². The Kier molecular flexibility index (Phi) is 3.64. The molecule has 0 radical (unpaired) electrons. The third kappa shape index (κ3) is 2.85. The van der Waals surface area contributed by atoms with Gasteiger partial charge in [-0.3, -0.25) is 4.79 Å². The molecule has 1 aromatic rings. The first kappa shape index (κ1) is 11.6. The molecule has 1 amide bonds. The maximum absolute atomic E-state index is 11.9. The molecule has 0 saturated heterocycles. The van der Waals surface area contributed by atoms with Crippen molar-refractivity contribution in [2.45, 2.75) is 32.6 Å². The minimum atomic E-state index is 0.176. The van der Waals surface area contributed by atoms with E-state index in [1.165, 1.54) is 12.8 Å². The maximum atomic E-state index is 11.9. The highest BCUT2D eigenvalue weighted by molar-refractivity contribution is 9.10. The van der Waals surface area contributed by atoms with E-state index in [1.54, 1.807) is 0 Å². The maximum Gasteiger partial charge on any atom is 0.227 e. The van der Waals surface area contributed by atoms with Crippen LogP contribution in [0.3, 0.4) is 0 Å². The zero-order valence-corrected chi connectivity index (χ0v) is 11.0. The average Bonchev–Trinajstić information content (AvgIpc) is 2.68. The number of amides is 1. The first-order valence-electron chi connectivity index (χ1n) is 5.73. The second kappa shape index (κ2) is 5.00. The van der Waals surface area contributed by atoms with Crippen molar-refractivity contribution >= 4 is 27.5 Å². The third-order valence-corrected chi connectivity index (χ3v) is 3.49. The van der Waals surface area contributed by atoms with E-state index in [-0.39, 0.29) is 11.8 Å². The van der Waals surface area contributed by atoms with E-state index in [4.69, 9.17) is 0 Å². The van der Waals surface area contributed by atoms with Crippen LogP contribution in [0.5, 0.6) is 0 Å². The number of benzene rings is 1. The minimum Gasteiger partial charge on any atom is -0.326 e. The Morgan fingerprint density at radius 3 is 2.62 bits per heavy atom. The predicted molar refractivity (Wildman–Crippen MR) is 69.5 cm³/mol. The van der Waals surface area contributed by atoms with Gasteiger partial charge in [0.25, 0.3) is 0 Å². The van der Waals surface area contributed by atoms with Gasteiger partial charge in [0.05, 0.1) is 0 Å². The number of aryl methyl sites for hydroxylation is 1. The second-order valence-corrected chi connectivity index (χ2v) is 5.40. The van der Waals surface area contributed by atoms with Gasteiger partial charge in [0.2, 0.25) is 5.91 Å². The first-order chi connectivity index (χ1) is 7.65. The van der Waals surface area contributed by atoms with Crippen molar-refractivity contribution in [3.05, 3.63) is 28.2 Å². The Bertz CT molecular complexity index is 377. The number of halogens is 1. The summed E-state index contributed by atoms with van der Waals surface area (Å²) in [6.07, 6.45) is 4.46. The summed E-state index contributed by atoms with van der Waals surface area (Å²) in [6.45, 7) is 2.02. The Morgan fingerprint density at radius 2 is 2.00 bits per heavy atom. The lowest BCUT2D eigenvalue weighted by Gasteiger charge is -2.11. The molecule has 1 aliphatic rings. The summed E-state index contributed by atoms with van der Waals surface area (Å²) in [4.78, 5) is 11.9. The van der Waals surface area contributed by atoms with E-state index in [2.05, 4.69) is 21.2 Å². The summed E-state index contributed by atoms with van der Waals surface area (Å²) in [5.74, 6) is 0.397. The van der Waals surface area contributed by atoms with Crippen molar-refractivity contribution in [3.63, 3.8) is 0 Å². The van der Waals surface area contributed by atoms with Crippen LogP contribution in [0.25, 0.3) is 0 Å². The zero-order chi connectivity index (χ0) is 11.5. The van der Waals surface area contributed by atoms with Gasteiger partial charge < -0.3 is 5.32 Å². The number of rotatable bonds is 2. The molecule has 0 aromatic heterocycles. The summed E-state index contributed by atoms with van der Waals surface area (Å²) in [7, 11) is 0. The molecular weight excluding hydrogens is 266 g/mol. The van der Waals surface area contributed by atoms with Gasteiger partial charge in [0, 0.05) is 16.1 Å². The van der Waals surface area contributed by atoms with Crippen molar-refractivity contribution < 1.29 is 4.79 Å². The lowest BCUT2D eigenvalue weighted by atomic mass is 10.1. The Morgan fingerprint density at radius 1 is 1.31 bits per heavy atom. The lowest BCUT2D eigenvalue weighted by molar-refractivity contribution is -0.119. The molecule has 0 aliphatic heterocycles. The Labute approximate surface area is 105 Å². The molecule has 2 rings (SSSR count). The first-order valence-corrected chi connectivity index (χ1v) is 6.52. The molecule has 1 aromatic carbocycles. The van der Waals surface area contributed by atoms with Gasteiger partial charge >= 0.3 is 0 Å². The van der Waals surface area contributed by atoms with Crippen molar-refractivity contribution in [1.82, 2.24) is 0 Å². The fourth-order valence-corrected chi connectivity index (χ4v) is 2.85. The van der Waals surface area contributed by atoms with Crippen molar-refractivity contribution in [2.75, 3.05) is 5.32 Å².